The molecule has 26 heavy (non-hydrogen) atoms. The zero-order valence-corrected chi connectivity index (χ0v) is 16.1. The predicted octanol–water partition coefficient (Wildman–Crippen LogP) is 5.33. The van der Waals surface area contributed by atoms with Crippen LogP contribution < -0.4 is 11.1 Å². The number of nitrogens with two attached hydrogens (primary N) is 1. The number of hydrogen-bond donors (Lipinski definition) is 2. The van der Waals surface area contributed by atoms with E-state index in [9.17, 15) is 13.2 Å². The number of nitrogen functional groups attached to an aromatic ring is 1. The molecule has 2 aliphatic rings. The molecule has 3 nitrogen and oxygen atoms in total. The van der Waals surface area contributed by atoms with Gasteiger partial charge in [-0.3, -0.25) is 4.90 Å². The Morgan fingerprint density at radius 1 is 1.31 bits per heavy atom. The Labute approximate surface area is 158 Å². The van der Waals surface area contributed by atoms with Crippen molar-refractivity contribution in [1.82, 2.24) is 4.90 Å². The van der Waals surface area contributed by atoms with E-state index in [0.717, 1.165) is 41.0 Å². The van der Waals surface area contributed by atoms with Crippen LogP contribution in [0, 0.1) is 0 Å². The topological polar surface area (TPSA) is 41.3 Å². The zero-order chi connectivity index (χ0) is 18.6. The molecule has 8 heteroatoms. The molecular formula is C18H20F3N3S2. The van der Waals surface area contributed by atoms with E-state index in [1.165, 1.54) is 16.5 Å². The van der Waals surface area contributed by atoms with Crippen molar-refractivity contribution < 1.29 is 13.2 Å². The third-order valence-corrected chi connectivity index (χ3v) is 7.25. The van der Waals surface area contributed by atoms with Gasteiger partial charge in [0, 0.05) is 40.2 Å². The number of anilines is 2. The van der Waals surface area contributed by atoms with Crippen LogP contribution in [0.2, 0.25) is 0 Å². The van der Waals surface area contributed by atoms with Crippen molar-refractivity contribution in [2.45, 2.75) is 49.3 Å². The number of fused-ring (bicyclic) bond motifs is 2. The summed E-state index contributed by atoms with van der Waals surface area (Å²) in [4.78, 5) is 4.54. The average molecular weight is 400 g/mol. The number of thioether (sulfide) groups is 1. The first-order chi connectivity index (χ1) is 12.2. The highest BCUT2D eigenvalue weighted by Crippen LogP contribution is 2.52. The quantitative estimate of drug-likeness (QED) is 0.716. The molecule has 3 N–H and O–H groups in total. The van der Waals surface area contributed by atoms with Crippen LogP contribution in [-0.2, 0) is 19.1 Å². The SMILES string of the molecule is CC(C)N1CCc2c(sc(N)c2C2Nc3cc(C(F)(F)F)ccc3S2)C1. The summed E-state index contributed by atoms with van der Waals surface area (Å²) in [5, 5.41) is 3.90. The smallest absolute Gasteiger partial charge is 0.390 e. The summed E-state index contributed by atoms with van der Waals surface area (Å²) in [7, 11) is 0. The third-order valence-electron chi connectivity index (χ3n) is 4.99. The van der Waals surface area contributed by atoms with E-state index in [4.69, 9.17) is 5.73 Å². The van der Waals surface area contributed by atoms with Gasteiger partial charge in [0.05, 0.1) is 10.6 Å². The fraction of sp³-hybridized carbons (Fsp3) is 0.444. The van der Waals surface area contributed by atoms with Gasteiger partial charge in [-0.1, -0.05) is 11.8 Å². The number of hydrogen-bond acceptors (Lipinski definition) is 5. The minimum absolute atomic E-state index is 0.126. The van der Waals surface area contributed by atoms with Gasteiger partial charge >= 0.3 is 6.18 Å². The molecule has 0 aliphatic carbocycles. The number of thiophene rings is 1. The van der Waals surface area contributed by atoms with Gasteiger partial charge in [0.15, 0.2) is 0 Å². The van der Waals surface area contributed by atoms with Crippen LogP contribution >= 0.6 is 23.1 Å². The molecule has 2 aliphatic heterocycles. The Bertz CT molecular complexity index is 845. The normalized spacial score (nSPS) is 20.2. The first-order valence-corrected chi connectivity index (χ1v) is 10.2. The third kappa shape index (κ3) is 3.08. The van der Waals surface area contributed by atoms with Gasteiger partial charge in [0.2, 0.25) is 0 Å². The average Bonchev–Trinajstić information content (AvgIpc) is 3.11. The maximum absolute atomic E-state index is 13.0. The molecule has 4 rings (SSSR count). The van der Waals surface area contributed by atoms with E-state index in [1.807, 2.05) is 0 Å². The van der Waals surface area contributed by atoms with Crippen LogP contribution in [0.15, 0.2) is 23.1 Å². The molecule has 140 valence electrons. The summed E-state index contributed by atoms with van der Waals surface area (Å²) in [6, 6.07) is 4.37. The largest absolute Gasteiger partial charge is 0.416 e. The molecular weight excluding hydrogens is 379 g/mol. The maximum atomic E-state index is 13.0. The highest BCUT2D eigenvalue weighted by molar-refractivity contribution is 8.00. The second kappa shape index (κ2) is 6.35. The van der Waals surface area contributed by atoms with Crippen LogP contribution in [0.3, 0.4) is 0 Å². The molecule has 3 heterocycles. The molecule has 0 bridgehead atoms. The van der Waals surface area contributed by atoms with Gasteiger partial charge in [-0.15, -0.1) is 11.3 Å². The molecule has 0 radical (unpaired) electrons. The van der Waals surface area contributed by atoms with Crippen LogP contribution in [0.1, 0.15) is 40.8 Å². The number of nitrogens with one attached hydrogen (secondary N) is 1. The molecule has 0 fully saturated rings. The van der Waals surface area contributed by atoms with Gasteiger partial charge in [-0.25, -0.2) is 0 Å². The number of benzene rings is 1. The minimum atomic E-state index is -4.33. The molecule has 0 saturated carbocycles. The molecule has 1 aromatic carbocycles. The Hall–Kier alpha value is -1.38. The first kappa shape index (κ1) is 18.0. The van der Waals surface area contributed by atoms with Gasteiger partial charge in [-0.05, 0) is 44.0 Å². The Balaban J connectivity index is 1.62. The summed E-state index contributed by atoms with van der Waals surface area (Å²) < 4.78 is 38.9. The van der Waals surface area contributed by atoms with Crippen molar-refractivity contribution in [3.05, 3.63) is 39.8 Å². The fourth-order valence-corrected chi connectivity index (χ4v) is 6.02. The lowest BCUT2D eigenvalue weighted by molar-refractivity contribution is -0.137. The zero-order valence-electron chi connectivity index (χ0n) is 14.5. The van der Waals surface area contributed by atoms with E-state index in [2.05, 4.69) is 24.1 Å². The van der Waals surface area contributed by atoms with E-state index < -0.39 is 11.7 Å². The second-order valence-corrected chi connectivity index (χ2v) is 9.23. The van der Waals surface area contributed by atoms with Crippen molar-refractivity contribution in [2.24, 2.45) is 0 Å². The van der Waals surface area contributed by atoms with Crippen LogP contribution in [0.4, 0.5) is 23.9 Å². The molecule has 0 spiro atoms. The lowest BCUT2D eigenvalue weighted by Gasteiger charge is -2.30. The van der Waals surface area contributed by atoms with Gasteiger partial charge < -0.3 is 11.1 Å². The van der Waals surface area contributed by atoms with Crippen LogP contribution in [0.5, 0.6) is 0 Å². The summed E-state index contributed by atoms with van der Waals surface area (Å²) in [6.45, 7) is 6.25. The molecule has 0 saturated heterocycles. The molecule has 2 aromatic rings. The summed E-state index contributed by atoms with van der Waals surface area (Å²) in [5.74, 6) is 0. The standard InChI is InChI=1S/C18H20F3N3S2/c1-9(2)24-6-5-11-14(8-24)25-16(22)15(11)17-23-12-7-10(18(19,20)21)3-4-13(12)26-17/h3-4,7,9,17,23H,5-6,8,22H2,1-2H3. The predicted molar refractivity (Wildman–Crippen MR) is 102 cm³/mol. The summed E-state index contributed by atoms with van der Waals surface area (Å²) >= 11 is 3.16. The second-order valence-electron chi connectivity index (χ2n) is 6.95. The van der Waals surface area contributed by atoms with E-state index in [0.29, 0.717) is 11.7 Å². The Kier molecular flexibility index (Phi) is 4.40. The van der Waals surface area contributed by atoms with Crippen molar-refractivity contribution in [2.75, 3.05) is 17.6 Å². The summed E-state index contributed by atoms with van der Waals surface area (Å²) in [5.41, 5.74) is 8.57. The number of alkyl halides is 3. The van der Waals surface area contributed by atoms with E-state index in [1.54, 1.807) is 29.2 Å². The molecule has 1 aromatic heterocycles. The maximum Gasteiger partial charge on any atom is 0.416 e. The van der Waals surface area contributed by atoms with Crippen molar-refractivity contribution in [3.8, 4) is 0 Å². The minimum Gasteiger partial charge on any atom is -0.390 e. The summed E-state index contributed by atoms with van der Waals surface area (Å²) in [6.07, 6.45) is -3.40. The monoisotopic (exact) mass is 399 g/mol. The highest BCUT2D eigenvalue weighted by atomic mass is 32.2. The Morgan fingerprint density at radius 3 is 2.77 bits per heavy atom. The van der Waals surface area contributed by atoms with E-state index in [-0.39, 0.29) is 5.37 Å². The molecule has 0 amide bonds. The lowest BCUT2D eigenvalue weighted by Crippen LogP contribution is -2.35. The number of nitrogens with zero attached hydrogens (tertiary/aromatic N) is 1. The van der Waals surface area contributed by atoms with Gasteiger partial charge in [-0.2, -0.15) is 13.2 Å². The number of halogens is 3. The van der Waals surface area contributed by atoms with Crippen LogP contribution in [-0.4, -0.2) is 17.5 Å². The van der Waals surface area contributed by atoms with Crippen molar-refractivity contribution >= 4 is 33.8 Å². The first-order valence-electron chi connectivity index (χ1n) is 8.52. The number of rotatable bonds is 2. The molecule has 1 unspecified atom stereocenters. The molecule has 1 atom stereocenters. The van der Waals surface area contributed by atoms with E-state index >= 15 is 0 Å². The van der Waals surface area contributed by atoms with Crippen molar-refractivity contribution in [1.29, 1.82) is 0 Å². The highest BCUT2D eigenvalue weighted by Gasteiger charge is 2.35. The van der Waals surface area contributed by atoms with Gasteiger partial charge in [0.25, 0.3) is 0 Å². The van der Waals surface area contributed by atoms with Crippen LogP contribution in [0.25, 0.3) is 0 Å². The lowest BCUT2D eigenvalue weighted by atomic mass is 10.0. The fourth-order valence-electron chi connectivity index (χ4n) is 3.55. The Morgan fingerprint density at radius 2 is 2.08 bits per heavy atom. The van der Waals surface area contributed by atoms with Crippen molar-refractivity contribution in [3.63, 3.8) is 0 Å². The van der Waals surface area contributed by atoms with Gasteiger partial charge in [0.1, 0.15) is 5.37 Å².